The summed E-state index contributed by atoms with van der Waals surface area (Å²) in [7, 11) is 0. The molecular formula is C14H8F5NO3. The number of anilines is 1. The fourth-order valence-electron chi connectivity index (χ4n) is 1.68. The van der Waals surface area contributed by atoms with Crippen LogP contribution < -0.4 is 10.1 Å². The van der Waals surface area contributed by atoms with Crippen LogP contribution in [0.25, 0.3) is 0 Å². The van der Waals surface area contributed by atoms with Gasteiger partial charge in [0.15, 0.2) is 11.6 Å². The second-order valence-electron chi connectivity index (χ2n) is 4.31. The summed E-state index contributed by atoms with van der Waals surface area (Å²) < 4.78 is 65.9. The molecule has 0 aliphatic heterocycles. The minimum atomic E-state index is -4.85. The van der Waals surface area contributed by atoms with E-state index in [1.54, 1.807) is 0 Å². The van der Waals surface area contributed by atoms with Crippen LogP contribution in [0, 0.1) is 11.6 Å². The standard InChI is InChI=1S/C14H8F5NO3/c15-7-5-10(12(21)11(16)6-7)13(22)20-8-1-3-9(4-2-8)23-14(17,18)19/h1-6,21H,(H,20,22). The second-order valence-corrected chi connectivity index (χ2v) is 4.31. The molecule has 122 valence electrons. The number of carbonyl (C=O) groups excluding carboxylic acids is 1. The van der Waals surface area contributed by atoms with Crippen LogP contribution in [0.1, 0.15) is 10.4 Å². The van der Waals surface area contributed by atoms with Crippen LogP contribution in [0.15, 0.2) is 36.4 Å². The van der Waals surface area contributed by atoms with Crippen LogP contribution in [-0.2, 0) is 0 Å². The highest BCUT2D eigenvalue weighted by Gasteiger charge is 2.31. The number of aromatic hydroxyl groups is 1. The minimum absolute atomic E-state index is 0.0357. The summed E-state index contributed by atoms with van der Waals surface area (Å²) >= 11 is 0. The largest absolute Gasteiger partial charge is 0.573 e. The van der Waals surface area contributed by atoms with E-state index in [9.17, 15) is 31.9 Å². The molecule has 23 heavy (non-hydrogen) atoms. The van der Waals surface area contributed by atoms with Gasteiger partial charge in [-0.05, 0) is 30.3 Å². The molecule has 1 amide bonds. The van der Waals surface area contributed by atoms with Gasteiger partial charge in [-0.25, -0.2) is 8.78 Å². The number of amides is 1. The zero-order valence-electron chi connectivity index (χ0n) is 11.1. The summed E-state index contributed by atoms with van der Waals surface area (Å²) in [5, 5.41) is 11.6. The zero-order chi connectivity index (χ0) is 17.2. The highest BCUT2D eigenvalue weighted by atomic mass is 19.4. The monoisotopic (exact) mass is 333 g/mol. The molecule has 0 saturated heterocycles. The smallest absolute Gasteiger partial charge is 0.504 e. The average molecular weight is 333 g/mol. The van der Waals surface area contributed by atoms with E-state index in [1.807, 2.05) is 0 Å². The molecule has 0 unspecified atom stereocenters. The van der Waals surface area contributed by atoms with Crippen molar-refractivity contribution < 1.29 is 36.6 Å². The zero-order valence-corrected chi connectivity index (χ0v) is 11.1. The molecule has 0 spiro atoms. The van der Waals surface area contributed by atoms with Crippen LogP contribution in [0.5, 0.6) is 11.5 Å². The second kappa shape index (κ2) is 6.11. The molecule has 0 radical (unpaired) electrons. The van der Waals surface area contributed by atoms with Gasteiger partial charge in [0.2, 0.25) is 0 Å². The van der Waals surface area contributed by atoms with Crippen LogP contribution in [0.3, 0.4) is 0 Å². The number of nitrogens with one attached hydrogen (secondary N) is 1. The number of benzene rings is 2. The maximum atomic E-state index is 13.2. The predicted octanol–water partition coefficient (Wildman–Crippen LogP) is 3.82. The lowest BCUT2D eigenvalue weighted by Crippen LogP contribution is -2.17. The molecule has 2 rings (SSSR count). The molecule has 0 fully saturated rings. The van der Waals surface area contributed by atoms with E-state index in [2.05, 4.69) is 10.1 Å². The van der Waals surface area contributed by atoms with Crippen molar-refractivity contribution in [2.45, 2.75) is 6.36 Å². The lowest BCUT2D eigenvalue weighted by atomic mass is 10.1. The van der Waals surface area contributed by atoms with E-state index in [0.717, 1.165) is 24.3 Å². The predicted molar refractivity (Wildman–Crippen MR) is 69.1 cm³/mol. The van der Waals surface area contributed by atoms with Crippen molar-refractivity contribution in [3.63, 3.8) is 0 Å². The van der Waals surface area contributed by atoms with Gasteiger partial charge in [-0.15, -0.1) is 13.2 Å². The summed E-state index contributed by atoms with van der Waals surface area (Å²) in [6.07, 6.45) is -4.85. The van der Waals surface area contributed by atoms with Crippen molar-refractivity contribution in [1.29, 1.82) is 0 Å². The van der Waals surface area contributed by atoms with Crippen LogP contribution in [-0.4, -0.2) is 17.4 Å². The van der Waals surface area contributed by atoms with Crippen molar-refractivity contribution in [2.24, 2.45) is 0 Å². The maximum Gasteiger partial charge on any atom is 0.573 e. The van der Waals surface area contributed by atoms with Gasteiger partial charge in [0, 0.05) is 11.8 Å². The third-order valence-electron chi connectivity index (χ3n) is 2.62. The molecule has 0 atom stereocenters. The molecule has 0 aliphatic carbocycles. The van der Waals surface area contributed by atoms with Gasteiger partial charge < -0.3 is 15.2 Å². The van der Waals surface area contributed by atoms with Crippen LogP contribution >= 0.6 is 0 Å². The average Bonchev–Trinajstić information content (AvgIpc) is 2.43. The molecule has 0 aliphatic rings. The number of alkyl halides is 3. The van der Waals surface area contributed by atoms with Gasteiger partial charge in [-0.1, -0.05) is 0 Å². The highest BCUT2D eigenvalue weighted by Crippen LogP contribution is 2.26. The first-order valence-electron chi connectivity index (χ1n) is 6.01. The van der Waals surface area contributed by atoms with E-state index in [1.165, 1.54) is 0 Å². The number of hydrogen-bond donors (Lipinski definition) is 2. The third-order valence-corrected chi connectivity index (χ3v) is 2.62. The molecule has 0 saturated carbocycles. The quantitative estimate of drug-likeness (QED) is 0.840. The Kier molecular flexibility index (Phi) is 4.39. The van der Waals surface area contributed by atoms with Gasteiger partial charge in [-0.3, -0.25) is 4.79 Å². The molecule has 0 bridgehead atoms. The van der Waals surface area contributed by atoms with Gasteiger partial charge in [-0.2, -0.15) is 0 Å². The summed E-state index contributed by atoms with van der Waals surface area (Å²) in [6.45, 7) is 0. The Balaban J connectivity index is 2.15. The number of carbonyl (C=O) groups is 1. The lowest BCUT2D eigenvalue weighted by Gasteiger charge is -2.10. The van der Waals surface area contributed by atoms with Crippen molar-refractivity contribution in [3.8, 4) is 11.5 Å². The normalized spacial score (nSPS) is 11.2. The molecular weight excluding hydrogens is 325 g/mol. The highest BCUT2D eigenvalue weighted by molar-refractivity contribution is 6.06. The number of hydrogen-bond acceptors (Lipinski definition) is 3. The summed E-state index contributed by atoms with van der Waals surface area (Å²) in [6, 6.07) is 5.08. The Morgan fingerprint density at radius 1 is 1.09 bits per heavy atom. The van der Waals surface area contributed by atoms with Crippen molar-refractivity contribution >= 4 is 11.6 Å². The molecule has 2 N–H and O–H groups in total. The number of rotatable bonds is 3. The first kappa shape index (κ1) is 16.5. The fraction of sp³-hybridized carbons (Fsp3) is 0.0714. The van der Waals surface area contributed by atoms with Crippen molar-refractivity contribution in [1.82, 2.24) is 0 Å². The number of phenolic OH excluding ortho intramolecular Hbond substituents is 1. The van der Waals surface area contributed by atoms with E-state index < -0.39 is 41.0 Å². The molecule has 9 heteroatoms. The van der Waals surface area contributed by atoms with Gasteiger partial charge in [0.05, 0.1) is 5.56 Å². The first-order chi connectivity index (χ1) is 10.7. The van der Waals surface area contributed by atoms with Gasteiger partial charge in [0.25, 0.3) is 5.91 Å². The Labute approximate surface area is 126 Å². The Morgan fingerprint density at radius 3 is 2.26 bits per heavy atom. The van der Waals surface area contributed by atoms with Gasteiger partial charge >= 0.3 is 6.36 Å². The van der Waals surface area contributed by atoms with E-state index in [4.69, 9.17) is 0 Å². The van der Waals surface area contributed by atoms with Crippen LogP contribution in [0.2, 0.25) is 0 Å². The van der Waals surface area contributed by atoms with Crippen molar-refractivity contribution in [2.75, 3.05) is 5.32 Å². The molecule has 4 nitrogen and oxygen atoms in total. The maximum absolute atomic E-state index is 13.2. The SMILES string of the molecule is O=C(Nc1ccc(OC(F)(F)F)cc1)c1cc(F)cc(F)c1O. The first-order valence-corrected chi connectivity index (χ1v) is 6.01. The van der Waals surface area contributed by atoms with E-state index >= 15 is 0 Å². The Morgan fingerprint density at radius 2 is 1.70 bits per heavy atom. The van der Waals surface area contributed by atoms with Gasteiger partial charge in [0.1, 0.15) is 11.6 Å². The molecule has 2 aromatic rings. The number of halogens is 5. The van der Waals surface area contributed by atoms with E-state index in [0.29, 0.717) is 12.1 Å². The Hall–Kier alpha value is -2.84. The Bertz CT molecular complexity index is 728. The summed E-state index contributed by atoms with van der Waals surface area (Å²) in [5.41, 5.74) is -0.619. The number of phenols is 1. The minimum Gasteiger partial charge on any atom is -0.504 e. The third kappa shape index (κ3) is 4.31. The summed E-state index contributed by atoms with van der Waals surface area (Å²) in [5.74, 6) is -4.97. The van der Waals surface area contributed by atoms with Crippen LogP contribution in [0.4, 0.5) is 27.6 Å². The van der Waals surface area contributed by atoms with E-state index in [-0.39, 0.29) is 5.69 Å². The topological polar surface area (TPSA) is 58.6 Å². The summed E-state index contributed by atoms with van der Waals surface area (Å²) in [4.78, 5) is 11.8. The molecule has 0 heterocycles. The fourth-order valence-corrected chi connectivity index (χ4v) is 1.68. The molecule has 2 aromatic carbocycles. The lowest BCUT2D eigenvalue weighted by molar-refractivity contribution is -0.274. The van der Waals surface area contributed by atoms with Crippen molar-refractivity contribution in [3.05, 3.63) is 53.6 Å². The molecule has 0 aromatic heterocycles. The number of ether oxygens (including phenoxy) is 1.